The second kappa shape index (κ2) is 5.80. The van der Waals surface area contributed by atoms with Crippen LogP contribution < -0.4 is 5.73 Å². The Morgan fingerprint density at radius 3 is 2.56 bits per heavy atom. The van der Waals surface area contributed by atoms with Crippen LogP contribution in [0.1, 0.15) is 25.8 Å². The van der Waals surface area contributed by atoms with Crippen LogP contribution in [0.3, 0.4) is 0 Å². The average molecular weight is 286 g/mol. The predicted octanol–water partition coefficient (Wildman–Crippen LogP) is 3.13. The third-order valence-corrected chi connectivity index (χ3v) is 3.52. The van der Waals surface area contributed by atoms with E-state index in [0.717, 1.165) is 17.3 Å². The second-order valence-corrected chi connectivity index (χ2v) is 5.58. The summed E-state index contributed by atoms with van der Waals surface area (Å²) < 4.78 is 6.51. The third-order valence-electron chi connectivity index (χ3n) is 2.75. The van der Waals surface area contributed by atoms with Crippen molar-refractivity contribution in [3.8, 4) is 0 Å². The largest absolute Gasteiger partial charge is 0.379 e. The Hall–Kier alpha value is -0.380. The average Bonchev–Trinajstić information content (AvgIpc) is 2.21. The van der Waals surface area contributed by atoms with Crippen LogP contribution in [-0.4, -0.2) is 18.8 Å². The van der Waals surface area contributed by atoms with Gasteiger partial charge in [0.25, 0.3) is 0 Å². The quantitative estimate of drug-likeness (QED) is 0.902. The van der Waals surface area contributed by atoms with Gasteiger partial charge in [0.2, 0.25) is 0 Å². The van der Waals surface area contributed by atoms with Crippen molar-refractivity contribution in [2.45, 2.75) is 38.3 Å². The molecular weight excluding hydrogens is 266 g/mol. The molecule has 16 heavy (non-hydrogen) atoms. The Kier molecular flexibility index (Phi) is 4.96. The molecule has 0 aliphatic rings. The van der Waals surface area contributed by atoms with Gasteiger partial charge < -0.3 is 10.5 Å². The Morgan fingerprint density at radius 1 is 1.38 bits per heavy atom. The first-order valence-electron chi connectivity index (χ1n) is 5.49. The van der Waals surface area contributed by atoms with Crippen molar-refractivity contribution in [2.24, 2.45) is 5.73 Å². The van der Waals surface area contributed by atoms with E-state index in [9.17, 15) is 0 Å². The molecule has 0 radical (unpaired) electrons. The van der Waals surface area contributed by atoms with E-state index >= 15 is 0 Å². The van der Waals surface area contributed by atoms with Crippen molar-refractivity contribution >= 4 is 15.9 Å². The molecule has 0 aliphatic heterocycles. The molecule has 0 fully saturated rings. The van der Waals surface area contributed by atoms with Gasteiger partial charge in [0.05, 0.1) is 5.60 Å². The number of ether oxygens (including phenoxy) is 1. The van der Waals surface area contributed by atoms with Gasteiger partial charge in [-0.15, -0.1) is 0 Å². The molecule has 0 bridgehead atoms. The fourth-order valence-corrected chi connectivity index (χ4v) is 2.18. The van der Waals surface area contributed by atoms with Crippen molar-refractivity contribution in [3.63, 3.8) is 0 Å². The molecule has 1 aromatic rings. The van der Waals surface area contributed by atoms with E-state index < -0.39 is 0 Å². The first-order valence-corrected chi connectivity index (χ1v) is 6.28. The van der Waals surface area contributed by atoms with Gasteiger partial charge in [-0.1, -0.05) is 34.1 Å². The third kappa shape index (κ3) is 4.24. The van der Waals surface area contributed by atoms with Crippen molar-refractivity contribution in [2.75, 3.05) is 7.11 Å². The summed E-state index contributed by atoms with van der Waals surface area (Å²) in [5.74, 6) is 0. The molecule has 0 aliphatic carbocycles. The van der Waals surface area contributed by atoms with Crippen LogP contribution in [0.4, 0.5) is 0 Å². The summed E-state index contributed by atoms with van der Waals surface area (Å²) in [6.45, 7) is 4.12. The van der Waals surface area contributed by atoms with Crippen molar-refractivity contribution in [1.82, 2.24) is 0 Å². The molecule has 0 heterocycles. The first kappa shape index (κ1) is 13.7. The summed E-state index contributed by atoms with van der Waals surface area (Å²) in [4.78, 5) is 0. The summed E-state index contributed by atoms with van der Waals surface area (Å²) in [7, 11) is 1.73. The van der Waals surface area contributed by atoms with Gasteiger partial charge in [-0.05, 0) is 38.3 Å². The van der Waals surface area contributed by atoms with E-state index in [1.165, 1.54) is 5.56 Å². The summed E-state index contributed by atoms with van der Waals surface area (Å²) in [5, 5.41) is 0. The number of halogens is 1. The zero-order valence-corrected chi connectivity index (χ0v) is 11.8. The molecule has 1 rings (SSSR count). The number of nitrogens with two attached hydrogens (primary N) is 1. The fourth-order valence-electron chi connectivity index (χ4n) is 1.73. The number of benzene rings is 1. The van der Waals surface area contributed by atoms with Crippen LogP contribution in [0.25, 0.3) is 0 Å². The fraction of sp³-hybridized carbons (Fsp3) is 0.538. The lowest BCUT2D eigenvalue weighted by atomic mass is 9.95. The van der Waals surface area contributed by atoms with Gasteiger partial charge in [-0.2, -0.15) is 0 Å². The predicted molar refractivity (Wildman–Crippen MR) is 71.5 cm³/mol. The highest BCUT2D eigenvalue weighted by Gasteiger charge is 2.20. The standard InChI is InChI=1S/C13H20BrNO/c1-13(2,16-3)9-11(15)8-10-6-4-5-7-12(10)14/h4-7,11H,8-9,15H2,1-3H3. The minimum atomic E-state index is -0.152. The highest BCUT2D eigenvalue weighted by molar-refractivity contribution is 9.10. The maximum Gasteiger partial charge on any atom is 0.0637 e. The summed E-state index contributed by atoms with van der Waals surface area (Å²) in [6, 6.07) is 8.31. The highest BCUT2D eigenvalue weighted by atomic mass is 79.9. The van der Waals surface area contributed by atoms with Crippen LogP contribution in [-0.2, 0) is 11.2 Å². The van der Waals surface area contributed by atoms with Gasteiger partial charge in [0, 0.05) is 17.6 Å². The molecular formula is C13H20BrNO. The van der Waals surface area contributed by atoms with Gasteiger partial charge in [-0.3, -0.25) is 0 Å². The molecule has 2 N–H and O–H groups in total. The molecule has 0 saturated heterocycles. The van der Waals surface area contributed by atoms with E-state index in [-0.39, 0.29) is 11.6 Å². The maximum atomic E-state index is 6.14. The first-order chi connectivity index (χ1) is 7.44. The maximum absolute atomic E-state index is 6.14. The van der Waals surface area contributed by atoms with Gasteiger partial charge in [0.15, 0.2) is 0 Å². The molecule has 0 aromatic heterocycles. The molecule has 2 nitrogen and oxygen atoms in total. The smallest absolute Gasteiger partial charge is 0.0637 e. The van der Waals surface area contributed by atoms with Crippen LogP contribution in [0.5, 0.6) is 0 Å². The minimum Gasteiger partial charge on any atom is -0.379 e. The SMILES string of the molecule is COC(C)(C)CC(N)Cc1ccccc1Br. The van der Waals surface area contributed by atoms with Gasteiger partial charge in [-0.25, -0.2) is 0 Å². The van der Waals surface area contributed by atoms with E-state index in [0.29, 0.717) is 0 Å². The molecule has 0 amide bonds. The number of hydrogen-bond acceptors (Lipinski definition) is 2. The zero-order valence-electron chi connectivity index (χ0n) is 10.2. The number of rotatable bonds is 5. The molecule has 1 aromatic carbocycles. The lowest BCUT2D eigenvalue weighted by Gasteiger charge is -2.26. The summed E-state index contributed by atoms with van der Waals surface area (Å²) >= 11 is 3.53. The molecule has 0 saturated carbocycles. The van der Waals surface area contributed by atoms with Crippen LogP contribution in [0.2, 0.25) is 0 Å². The Balaban J connectivity index is 2.58. The van der Waals surface area contributed by atoms with E-state index in [2.05, 4.69) is 35.8 Å². The molecule has 0 spiro atoms. The molecule has 1 atom stereocenters. The lowest BCUT2D eigenvalue weighted by molar-refractivity contribution is 0.0102. The summed E-state index contributed by atoms with van der Waals surface area (Å²) in [5.41, 5.74) is 7.24. The monoisotopic (exact) mass is 285 g/mol. The Morgan fingerprint density at radius 2 is 2.00 bits per heavy atom. The van der Waals surface area contributed by atoms with Crippen LogP contribution in [0.15, 0.2) is 28.7 Å². The highest BCUT2D eigenvalue weighted by Crippen LogP contribution is 2.21. The van der Waals surface area contributed by atoms with Crippen molar-refractivity contribution in [1.29, 1.82) is 0 Å². The number of methoxy groups -OCH3 is 1. The lowest BCUT2D eigenvalue weighted by Crippen LogP contribution is -2.35. The van der Waals surface area contributed by atoms with E-state index in [1.807, 2.05) is 18.2 Å². The van der Waals surface area contributed by atoms with E-state index in [1.54, 1.807) is 7.11 Å². The molecule has 1 unspecified atom stereocenters. The van der Waals surface area contributed by atoms with Crippen molar-refractivity contribution in [3.05, 3.63) is 34.3 Å². The van der Waals surface area contributed by atoms with Crippen molar-refractivity contribution < 1.29 is 4.74 Å². The minimum absolute atomic E-state index is 0.119. The molecule has 90 valence electrons. The Labute approximate surface area is 106 Å². The van der Waals surface area contributed by atoms with E-state index in [4.69, 9.17) is 10.5 Å². The normalized spacial score (nSPS) is 13.8. The number of hydrogen-bond donors (Lipinski definition) is 1. The molecule has 3 heteroatoms. The van der Waals surface area contributed by atoms with Gasteiger partial charge >= 0.3 is 0 Å². The Bertz CT molecular complexity index is 338. The van der Waals surface area contributed by atoms with Crippen LogP contribution in [0, 0.1) is 0 Å². The second-order valence-electron chi connectivity index (χ2n) is 4.72. The topological polar surface area (TPSA) is 35.2 Å². The van der Waals surface area contributed by atoms with Crippen LogP contribution >= 0.6 is 15.9 Å². The van der Waals surface area contributed by atoms with Gasteiger partial charge in [0.1, 0.15) is 0 Å². The zero-order chi connectivity index (χ0) is 12.2. The summed E-state index contributed by atoms with van der Waals surface area (Å²) in [6.07, 6.45) is 1.72.